The summed E-state index contributed by atoms with van der Waals surface area (Å²) in [5, 5.41) is 0. The molecular formula is C12H19IO. The van der Waals surface area contributed by atoms with Gasteiger partial charge in [0, 0.05) is 26.5 Å². The third-order valence-electron chi connectivity index (χ3n) is 3.21. The van der Waals surface area contributed by atoms with Crippen LogP contribution in [-0.4, -0.2) is 6.10 Å². The first kappa shape index (κ1) is 12.2. The Morgan fingerprint density at radius 3 is 2.64 bits per heavy atom. The molecule has 0 unspecified atom stereocenters. The summed E-state index contributed by atoms with van der Waals surface area (Å²) < 4.78 is 8.39. The molecule has 3 atom stereocenters. The first-order valence-electron chi connectivity index (χ1n) is 5.41. The number of rotatable bonds is 2. The second kappa shape index (κ2) is 5.85. The molecular weight excluding hydrogens is 287 g/mol. The zero-order chi connectivity index (χ0) is 10.6. The molecule has 0 aliphatic heterocycles. The van der Waals surface area contributed by atoms with Crippen LogP contribution in [0.15, 0.2) is 0 Å². The molecule has 1 aliphatic carbocycles. The van der Waals surface area contributed by atoms with Crippen molar-refractivity contribution in [3.8, 4) is 10.0 Å². The Labute approximate surface area is 101 Å². The summed E-state index contributed by atoms with van der Waals surface area (Å²) in [4.78, 5) is 0. The number of ether oxygens (including phenoxy) is 1. The van der Waals surface area contributed by atoms with Crippen LogP contribution in [0.3, 0.4) is 0 Å². The molecule has 2 heteroatoms. The highest BCUT2D eigenvalue weighted by molar-refractivity contribution is 14.1. The third-order valence-corrected chi connectivity index (χ3v) is 3.43. The Kier molecular flexibility index (Phi) is 5.08. The molecule has 1 rings (SSSR count). The maximum atomic E-state index is 5.61. The van der Waals surface area contributed by atoms with Gasteiger partial charge in [-0.05, 0) is 30.6 Å². The minimum Gasteiger partial charge on any atom is -0.442 e. The van der Waals surface area contributed by atoms with Crippen LogP contribution in [0.1, 0.15) is 40.0 Å². The Morgan fingerprint density at radius 1 is 1.36 bits per heavy atom. The molecule has 0 aromatic carbocycles. The standard InChI is InChI=1S/C12H19IO/c1-9(2)11-5-4-10(3)8-12(11)14-7-6-13/h9-12H,4-5,8H2,1-3H3/t10-,11+,12-/m0/s1. The van der Waals surface area contributed by atoms with E-state index in [2.05, 4.69) is 30.8 Å². The van der Waals surface area contributed by atoms with Crippen LogP contribution < -0.4 is 0 Å². The monoisotopic (exact) mass is 306 g/mol. The highest BCUT2D eigenvalue weighted by Crippen LogP contribution is 2.35. The van der Waals surface area contributed by atoms with E-state index < -0.39 is 0 Å². The smallest absolute Gasteiger partial charge is 0.122 e. The molecule has 1 saturated carbocycles. The molecule has 0 spiro atoms. The molecule has 14 heavy (non-hydrogen) atoms. The van der Waals surface area contributed by atoms with Crippen molar-refractivity contribution in [3.05, 3.63) is 0 Å². The topological polar surface area (TPSA) is 9.23 Å². The minimum atomic E-state index is 0.362. The van der Waals surface area contributed by atoms with Crippen LogP contribution in [0.2, 0.25) is 0 Å². The zero-order valence-corrected chi connectivity index (χ0v) is 11.4. The summed E-state index contributed by atoms with van der Waals surface area (Å²) in [7, 11) is 0. The van der Waals surface area contributed by atoms with Crippen LogP contribution in [0, 0.1) is 27.8 Å². The first-order valence-corrected chi connectivity index (χ1v) is 6.49. The van der Waals surface area contributed by atoms with E-state index in [4.69, 9.17) is 4.74 Å². The summed E-state index contributed by atoms with van der Waals surface area (Å²) in [6.07, 6.45) is 6.94. The highest BCUT2D eigenvalue weighted by atomic mass is 127. The van der Waals surface area contributed by atoms with Crippen molar-refractivity contribution in [3.63, 3.8) is 0 Å². The van der Waals surface area contributed by atoms with E-state index in [9.17, 15) is 0 Å². The molecule has 0 saturated heterocycles. The lowest BCUT2D eigenvalue weighted by Gasteiger charge is -2.35. The van der Waals surface area contributed by atoms with E-state index in [0.717, 1.165) is 5.92 Å². The normalized spacial score (nSPS) is 32.2. The van der Waals surface area contributed by atoms with Crippen molar-refractivity contribution >= 4 is 22.6 Å². The van der Waals surface area contributed by atoms with E-state index in [0.29, 0.717) is 17.9 Å². The molecule has 0 heterocycles. The quantitative estimate of drug-likeness (QED) is 0.557. The average molecular weight is 306 g/mol. The Hall–Kier alpha value is 0.0900. The van der Waals surface area contributed by atoms with E-state index in [-0.39, 0.29) is 0 Å². The maximum Gasteiger partial charge on any atom is 0.122 e. The predicted molar refractivity (Wildman–Crippen MR) is 68.0 cm³/mol. The highest BCUT2D eigenvalue weighted by Gasteiger charge is 2.31. The van der Waals surface area contributed by atoms with Crippen LogP contribution in [-0.2, 0) is 4.74 Å². The fourth-order valence-corrected chi connectivity index (χ4v) is 2.48. The van der Waals surface area contributed by atoms with Gasteiger partial charge in [-0.25, -0.2) is 0 Å². The van der Waals surface area contributed by atoms with Crippen LogP contribution in [0.5, 0.6) is 0 Å². The predicted octanol–water partition coefficient (Wildman–Crippen LogP) is 3.82. The van der Waals surface area contributed by atoms with Gasteiger partial charge in [-0.2, -0.15) is 0 Å². The molecule has 0 aromatic heterocycles. The van der Waals surface area contributed by atoms with Crippen molar-refractivity contribution in [2.45, 2.75) is 46.1 Å². The van der Waals surface area contributed by atoms with E-state index in [1.165, 1.54) is 19.3 Å². The fraction of sp³-hybridized carbons (Fsp3) is 0.833. The van der Waals surface area contributed by atoms with Crippen molar-refractivity contribution in [2.24, 2.45) is 17.8 Å². The van der Waals surface area contributed by atoms with Gasteiger partial charge in [0.15, 0.2) is 0 Å². The largest absolute Gasteiger partial charge is 0.442 e. The summed E-state index contributed by atoms with van der Waals surface area (Å²) >= 11 is 2.03. The molecule has 1 aliphatic rings. The molecule has 0 radical (unpaired) electrons. The van der Waals surface area contributed by atoms with Gasteiger partial charge in [-0.3, -0.25) is 0 Å². The minimum absolute atomic E-state index is 0.362. The summed E-state index contributed by atoms with van der Waals surface area (Å²) in [6.45, 7) is 6.88. The SMILES string of the molecule is CC(C)[C@H]1CC[C@H](C)C[C@@H]1OC#CI. The molecule has 1 nitrogen and oxygen atoms in total. The van der Waals surface area contributed by atoms with E-state index in [1.54, 1.807) is 0 Å². The molecule has 0 aromatic rings. The fourth-order valence-electron chi connectivity index (χ4n) is 2.35. The van der Waals surface area contributed by atoms with Gasteiger partial charge >= 0.3 is 0 Å². The van der Waals surface area contributed by atoms with Crippen LogP contribution in [0.25, 0.3) is 0 Å². The summed E-state index contributed by atoms with van der Waals surface area (Å²) in [6, 6.07) is 0. The van der Waals surface area contributed by atoms with Gasteiger partial charge in [0.25, 0.3) is 0 Å². The van der Waals surface area contributed by atoms with E-state index in [1.807, 2.05) is 22.6 Å². The lowest BCUT2D eigenvalue weighted by Crippen LogP contribution is -2.33. The number of hydrogen-bond acceptors (Lipinski definition) is 1. The van der Waals surface area contributed by atoms with E-state index >= 15 is 0 Å². The summed E-state index contributed by atoms with van der Waals surface area (Å²) in [5.41, 5.74) is 0. The first-order chi connectivity index (χ1) is 6.65. The van der Waals surface area contributed by atoms with Crippen molar-refractivity contribution in [1.29, 1.82) is 0 Å². The Balaban J connectivity index is 2.57. The molecule has 80 valence electrons. The molecule has 0 N–H and O–H groups in total. The van der Waals surface area contributed by atoms with Gasteiger partial charge in [-0.15, -0.1) is 0 Å². The van der Waals surface area contributed by atoms with Gasteiger partial charge < -0.3 is 4.74 Å². The average Bonchev–Trinajstić information content (AvgIpc) is 2.14. The van der Waals surface area contributed by atoms with Gasteiger partial charge in [0.2, 0.25) is 0 Å². The van der Waals surface area contributed by atoms with Crippen molar-refractivity contribution in [1.82, 2.24) is 0 Å². The van der Waals surface area contributed by atoms with Crippen molar-refractivity contribution in [2.75, 3.05) is 0 Å². The number of hydrogen-bond donors (Lipinski definition) is 0. The van der Waals surface area contributed by atoms with Gasteiger partial charge in [0.05, 0.1) is 0 Å². The third kappa shape index (κ3) is 3.34. The zero-order valence-electron chi connectivity index (χ0n) is 9.22. The number of halogens is 1. The lowest BCUT2D eigenvalue weighted by molar-refractivity contribution is 0.0254. The maximum absolute atomic E-state index is 5.61. The second-order valence-electron chi connectivity index (χ2n) is 4.68. The Morgan fingerprint density at radius 2 is 2.07 bits per heavy atom. The second-order valence-corrected chi connectivity index (χ2v) is 5.22. The Bertz CT molecular complexity index is 226. The molecule has 0 bridgehead atoms. The molecule has 1 fully saturated rings. The summed E-state index contributed by atoms with van der Waals surface area (Å²) in [5.74, 6) is 2.21. The lowest BCUT2D eigenvalue weighted by atomic mass is 9.75. The van der Waals surface area contributed by atoms with Crippen LogP contribution >= 0.6 is 22.6 Å². The van der Waals surface area contributed by atoms with Gasteiger partial charge in [0.1, 0.15) is 12.2 Å². The van der Waals surface area contributed by atoms with Crippen LogP contribution in [0.4, 0.5) is 0 Å². The van der Waals surface area contributed by atoms with Crippen molar-refractivity contribution < 1.29 is 4.74 Å². The molecule has 0 amide bonds. The van der Waals surface area contributed by atoms with Gasteiger partial charge in [-0.1, -0.05) is 27.2 Å².